The van der Waals surface area contributed by atoms with Crippen molar-refractivity contribution in [2.75, 3.05) is 5.73 Å². The van der Waals surface area contributed by atoms with Gasteiger partial charge in [-0.05, 0) is 12.1 Å². The van der Waals surface area contributed by atoms with Crippen LogP contribution in [0.3, 0.4) is 0 Å². The second kappa shape index (κ2) is 2.49. The Morgan fingerprint density at radius 1 is 1.50 bits per heavy atom. The predicted molar refractivity (Wildman–Crippen MR) is 46.4 cm³/mol. The van der Waals surface area contributed by atoms with Crippen molar-refractivity contribution in [3.05, 3.63) is 24.0 Å². The lowest BCUT2D eigenvalue weighted by Gasteiger charge is -1.90. The van der Waals surface area contributed by atoms with Crippen LogP contribution >= 0.6 is 0 Å². The van der Waals surface area contributed by atoms with Gasteiger partial charge in [0.05, 0.1) is 29.5 Å². The molecule has 12 heavy (non-hydrogen) atoms. The summed E-state index contributed by atoms with van der Waals surface area (Å²) in [6.07, 6.45) is 1.59. The van der Waals surface area contributed by atoms with Crippen molar-refractivity contribution in [1.29, 1.82) is 0 Å². The first-order valence-corrected chi connectivity index (χ1v) is 3.63. The van der Waals surface area contributed by atoms with Gasteiger partial charge in [0.1, 0.15) is 0 Å². The number of nitrogens with two attached hydrogens (primary N) is 1. The molecule has 0 aliphatic rings. The van der Waals surface area contributed by atoms with Gasteiger partial charge < -0.3 is 15.8 Å². The van der Waals surface area contributed by atoms with E-state index >= 15 is 0 Å². The first-order chi connectivity index (χ1) is 5.79. The molecule has 0 amide bonds. The van der Waals surface area contributed by atoms with Gasteiger partial charge in [-0.1, -0.05) is 0 Å². The molecular weight excluding hydrogens is 154 g/mol. The molecule has 2 aromatic heterocycles. The lowest BCUT2D eigenvalue weighted by atomic mass is 10.3. The molecule has 0 spiro atoms. The number of hydrogen-bond donors (Lipinski definition) is 3. The fourth-order valence-electron chi connectivity index (χ4n) is 1.17. The summed E-state index contributed by atoms with van der Waals surface area (Å²) < 4.78 is 0. The van der Waals surface area contributed by atoms with E-state index in [9.17, 15) is 0 Å². The van der Waals surface area contributed by atoms with Crippen molar-refractivity contribution < 1.29 is 5.11 Å². The number of rotatable bonds is 1. The van der Waals surface area contributed by atoms with Crippen molar-refractivity contribution >= 4 is 16.7 Å². The largest absolute Gasteiger partial charge is 0.397 e. The normalized spacial score (nSPS) is 10.8. The van der Waals surface area contributed by atoms with Crippen LogP contribution in [0, 0.1) is 0 Å². The molecule has 0 aromatic carbocycles. The number of pyridine rings is 1. The van der Waals surface area contributed by atoms with E-state index in [2.05, 4.69) is 9.97 Å². The van der Waals surface area contributed by atoms with Gasteiger partial charge in [0, 0.05) is 5.69 Å². The molecule has 4 heteroatoms. The molecular formula is C8H9N3O. The number of nitrogen functional groups attached to an aromatic ring is 1. The number of nitrogens with one attached hydrogen (secondary N) is 1. The van der Waals surface area contributed by atoms with Crippen molar-refractivity contribution in [2.24, 2.45) is 0 Å². The number of aromatic amines is 1. The Balaban J connectivity index is 2.67. The Morgan fingerprint density at radius 3 is 3.08 bits per heavy atom. The van der Waals surface area contributed by atoms with Gasteiger partial charge >= 0.3 is 0 Å². The smallest absolute Gasteiger partial charge is 0.0884 e. The third-order valence-corrected chi connectivity index (χ3v) is 1.72. The summed E-state index contributed by atoms with van der Waals surface area (Å²) in [4.78, 5) is 7.08. The average Bonchev–Trinajstić information content (AvgIpc) is 2.46. The molecule has 2 rings (SSSR count). The average molecular weight is 163 g/mol. The number of nitrogens with zero attached hydrogens (tertiary/aromatic N) is 1. The van der Waals surface area contributed by atoms with Crippen LogP contribution in [0.5, 0.6) is 0 Å². The van der Waals surface area contributed by atoms with E-state index in [0.29, 0.717) is 5.69 Å². The monoisotopic (exact) mass is 163 g/mol. The fourth-order valence-corrected chi connectivity index (χ4v) is 1.17. The van der Waals surface area contributed by atoms with Gasteiger partial charge in [0.15, 0.2) is 0 Å². The first-order valence-electron chi connectivity index (χ1n) is 3.63. The zero-order valence-corrected chi connectivity index (χ0v) is 6.41. The van der Waals surface area contributed by atoms with Crippen LogP contribution in [0.1, 0.15) is 5.69 Å². The van der Waals surface area contributed by atoms with Crippen LogP contribution in [0.4, 0.5) is 5.69 Å². The zero-order valence-electron chi connectivity index (χ0n) is 6.41. The van der Waals surface area contributed by atoms with E-state index in [1.165, 1.54) is 0 Å². The summed E-state index contributed by atoms with van der Waals surface area (Å²) in [6.45, 7) is -0.00371. The lowest BCUT2D eigenvalue weighted by molar-refractivity contribution is 0.278. The Bertz CT molecular complexity index is 408. The lowest BCUT2D eigenvalue weighted by Crippen LogP contribution is -1.85. The molecule has 62 valence electrons. The number of aromatic nitrogens is 2. The summed E-state index contributed by atoms with van der Waals surface area (Å²) >= 11 is 0. The van der Waals surface area contributed by atoms with E-state index < -0.39 is 0 Å². The number of hydrogen-bond acceptors (Lipinski definition) is 3. The van der Waals surface area contributed by atoms with Crippen LogP contribution in [0.25, 0.3) is 11.0 Å². The summed E-state index contributed by atoms with van der Waals surface area (Å²) in [7, 11) is 0. The molecule has 4 N–H and O–H groups in total. The minimum atomic E-state index is -0.00371. The first kappa shape index (κ1) is 7.12. The molecule has 0 fully saturated rings. The maximum absolute atomic E-state index is 8.82. The molecule has 0 bridgehead atoms. The standard InChI is InChI=1S/C8H9N3O/c9-5-1-8-7(10-3-5)2-6(4-12)11-8/h1-3,11-12H,4,9H2. The van der Waals surface area contributed by atoms with E-state index in [-0.39, 0.29) is 6.61 Å². The highest BCUT2D eigenvalue weighted by atomic mass is 16.3. The van der Waals surface area contributed by atoms with E-state index in [4.69, 9.17) is 10.8 Å². The Kier molecular flexibility index (Phi) is 1.48. The highest BCUT2D eigenvalue weighted by molar-refractivity contribution is 5.78. The molecule has 0 radical (unpaired) electrons. The van der Waals surface area contributed by atoms with E-state index in [1.807, 2.05) is 0 Å². The van der Waals surface area contributed by atoms with Gasteiger partial charge in [0.25, 0.3) is 0 Å². The summed E-state index contributed by atoms with van der Waals surface area (Å²) in [5, 5.41) is 8.82. The third kappa shape index (κ3) is 1.02. The van der Waals surface area contributed by atoms with Crippen molar-refractivity contribution in [3.8, 4) is 0 Å². The number of aliphatic hydroxyl groups is 1. The van der Waals surface area contributed by atoms with Crippen LogP contribution in [0.15, 0.2) is 18.3 Å². The summed E-state index contributed by atoms with van der Waals surface area (Å²) in [6, 6.07) is 3.59. The number of aliphatic hydroxyl groups excluding tert-OH is 1. The zero-order chi connectivity index (χ0) is 8.55. The van der Waals surface area contributed by atoms with Gasteiger partial charge in [-0.2, -0.15) is 0 Å². The number of H-pyrrole nitrogens is 1. The molecule has 0 saturated heterocycles. The number of anilines is 1. The van der Waals surface area contributed by atoms with Crippen molar-refractivity contribution in [3.63, 3.8) is 0 Å². The van der Waals surface area contributed by atoms with Crippen molar-refractivity contribution in [1.82, 2.24) is 9.97 Å². The molecule has 0 aliphatic heterocycles. The predicted octanol–water partition coefficient (Wildman–Crippen LogP) is 0.637. The Labute approximate surface area is 69.0 Å². The Morgan fingerprint density at radius 2 is 2.33 bits per heavy atom. The second-order valence-corrected chi connectivity index (χ2v) is 2.65. The van der Waals surface area contributed by atoms with Gasteiger partial charge in [-0.15, -0.1) is 0 Å². The van der Waals surface area contributed by atoms with Crippen LogP contribution < -0.4 is 5.73 Å². The highest BCUT2D eigenvalue weighted by Gasteiger charge is 1.99. The summed E-state index contributed by atoms with van der Waals surface area (Å²) in [5.74, 6) is 0. The maximum Gasteiger partial charge on any atom is 0.0884 e. The number of fused-ring (bicyclic) bond motifs is 1. The third-order valence-electron chi connectivity index (χ3n) is 1.72. The van der Waals surface area contributed by atoms with Gasteiger partial charge in [-0.3, -0.25) is 4.98 Å². The summed E-state index contributed by atoms with van der Waals surface area (Å²) in [5.41, 5.74) is 8.59. The quantitative estimate of drug-likeness (QED) is 0.577. The molecule has 2 heterocycles. The second-order valence-electron chi connectivity index (χ2n) is 2.65. The SMILES string of the molecule is Nc1cnc2cc(CO)[nH]c2c1. The molecule has 0 aliphatic carbocycles. The van der Waals surface area contributed by atoms with Crippen molar-refractivity contribution in [2.45, 2.75) is 6.61 Å². The van der Waals surface area contributed by atoms with E-state index in [0.717, 1.165) is 16.7 Å². The molecule has 0 saturated carbocycles. The molecule has 0 unspecified atom stereocenters. The highest BCUT2D eigenvalue weighted by Crippen LogP contribution is 2.14. The van der Waals surface area contributed by atoms with Crippen LogP contribution in [-0.2, 0) is 6.61 Å². The topological polar surface area (TPSA) is 74.9 Å². The minimum absolute atomic E-state index is 0.00371. The fraction of sp³-hybridized carbons (Fsp3) is 0.125. The minimum Gasteiger partial charge on any atom is -0.397 e. The molecule has 2 aromatic rings. The molecule has 4 nitrogen and oxygen atoms in total. The van der Waals surface area contributed by atoms with E-state index in [1.54, 1.807) is 18.3 Å². The maximum atomic E-state index is 8.82. The van der Waals surface area contributed by atoms with Gasteiger partial charge in [0.2, 0.25) is 0 Å². The van der Waals surface area contributed by atoms with Gasteiger partial charge in [-0.25, -0.2) is 0 Å². The molecule has 0 atom stereocenters. The van der Waals surface area contributed by atoms with Crippen LogP contribution in [0.2, 0.25) is 0 Å². The Hall–Kier alpha value is -1.55. The van der Waals surface area contributed by atoms with Crippen LogP contribution in [-0.4, -0.2) is 15.1 Å².